The van der Waals surface area contributed by atoms with Gasteiger partial charge in [-0.05, 0) is 18.6 Å². The topological polar surface area (TPSA) is 41.1 Å². The lowest BCUT2D eigenvalue weighted by atomic mass is 10.3. The van der Waals surface area contributed by atoms with E-state index in [1.807, 2.05) is 18.2 Å². The number of rotatable bonds is 3. The number of anilines is 2. The molecular formula is C13H13F3N4S. The molecule has 21 heavy (non-hydrogen) atoms. The van der Waals surface area contributed by atoms with Gasteiger partial charge in [0.05, 0.1) is 6.20 Å². The molecule has 0 aromatic carbocycles. The van der Waals surface area contributed by atoms with Gasteiger partial charge in [0.25, 0.3) is 0 Å². The maximum Gasteiger partial charge on any atom is 0.427 e. The van der Waals surface area contributed by atoms with E-state index in [0.29, 0.717) is 23.0 Å². The van der Waals surface area contributed by atoms with E-state index in [1.54, 1.807) is 6.20 Å². The largest absolute Gasteiger partial charge is 0.427 e. The Morgan fingerprint density at radius 3 is 2.81 bits per heavy atom. The third-order valence-corrected chi connectivity index (χ3v) is 4.25. The summed E-state index contributed by atoms with van der Waals surface area (Å²) in [7, 11) is 0. The first kappa shape index (κ1) is 14.1. The van der Waals surface area contributed by atoms with Crippen molar-refractivity contribution in [3.63, 3.8) is 0 Å². The first-order valence-electron chi connectivity index (χ1n) is 6.48. The van der Waals surface area contributed by atoms with Crippen molar-refractivity contribution in [2.45, 2.75) is 18.6 Å². The number of nitrogens with one attached hydrogen (secondary N) is 1. The number of aromatic nitrogens is 2. The molecule has 1 saturated heterocycles. The van der Waals surface area contributed by atoms with Crippen LogP contribution >= 0.6 is 11.3 Å². The summed E-state index contributed by atoms with van der Waals surface area (Å²) in [5.74, 6) is 0.886. The molecule has 0 bridgehead atoms. The summed E-state index contributed by atoms with van der Waals surface area (Å²) in [6.45, 7) is 1.53. The molecule has 0 aliphatic carbocycles. The molecule has 1 unspecified atom stereocenters. The van der Waals surface area contributed by atoms with Gasteiger partial charge in [-0.25, -0.2) is 9.97 Å². The Labute approximate surface area is 123 Å². The predicted molar refractivity (Wildman–Crippen MR) is 75.6 cm³/mol. The van der Waals surface area contributed by atoms with E-state index in [-0.39, 0.29) is 6.04 Å². The fourth-order valence-electron chi connectivity index (χ4n) is 2.27. The molecule has 3 heterocycles. The molecule has 1 atom stereocenters. The standard InChI is InChI=1S/C13H13F3N4S/c14-13(15,16)10-7-18-12(21-10)19-9-4-6-20(8-9)11-3-1-2-5-17-11/h1-3,5,7,9H,4,6,8H2,(H,18,19). The lowest BCUT2D eigenvalue weighted by Crippen LogP contribution is -2.26. The van der Waals surface area contributed by atoms with Gasteiger partial charge < -0.3 is 10.2 Å². The number of hydrogen-bond acceptors (Lipinski definition) is 5. The molecule has 0 amide bonds. The summed E-state index contributed by atoms with van der Waals surface area (Å²) in [6, 6.07) is 5.77. The SMILES string of the molecule is FC(F)(F)c1cnc(NC2CCN(c3ccccn3)C2)s1. The van der Waals surface area contributed by atoms with E-state index >= 15 is 0 Å². The van der Waals surface area contributed by atoms with Crippen molar-refractivity contribution in [3.05, 3.63) is 35.5 Å². The minimum Gasteiger partial charge on any atom is -0.357 e. The van der Waals surface area contributed by atoms with Crippen molar-refractivity contribution >= 4 is 22.3 Å². The second-order valence-corrected chi connectivity index (χ2v) is 5.82. The van der Waals surface area contributed by atoms with E-state index in [1.165, 1.54) is 0 Å². The van der Waals surface area contributed by atoms with Gasteiger partial charge in [0.15, 0.2) is 5.13 Å². The number of halogens is 3. The summed E-state index contributed by atoms with van der Waals surface area (Å²) in [4.78, 5) is 9.50. The minimum atomic E-state index is -4.33. The molecule has 8 heteroatoms. The normalized spacial score (nSPS) is 19.0. The quantitative estimate of drug-likeness (QED) is 0.944. The summed E-state index contributed by atoms with van der Waals surface area (Å²) < 4.78 is 37.6. The highest BCUT2D eigenvalue weighted by Crippen LogP contribution is 2.35. The van der Waals surface area contributed by atoms with Gasteiger partial charge in [0.1, 0.15) is 10.7 Å². The van der Waals surface area contributed by atoms with Crippen LogP contribution in [0, 0.1) is 0 Å². The third kappa shape index (κ3) is 3.26. The highest BCUT2D eigenvalue weighted by molar-refractivity contribution is 7.15. The average Bonchev–Trinajstić information content (AvgIpc) is 3.09. The Bertz CT molecular complexity index is 599. The maximum absolute atomic E-state index is 12.5. The van der Waals surface area contributed by atoms with Crippen molar-refractivity contribution in [2.75, 3.05) is 23.3 Å². The van der Waals surface area contributed by atoms with Crippen LogP contribution in [0.25, 0.3) is 0 Å². The molecule has 1 fully saturated rings. The second kappa shape index (κ2) is 5.51. The van der Waals surface area contributed by atoms with Crippen molar-refractivity contribution in [2.24, 2.45) is 0 Å². The van der Waals surface area contributed by atoms with Gasteiger partial charge in [-0.3, -0.25) is 0 Å². The van der Waals surface area contributed by atoms with Gasteiger partial charge >= 0.3 is 6.18 Å². The van der Waals surface area contributed by atoms with Crippen molar-refractivity contribution in [1.82, 2.24) is 9.97 Å². The number of thiazole rings is 1. The second-order valence-electron chi connectivity index (χ2n) is 4.79. The van der Waals surface area contributed by atoms with Crippen LogP contribution in [-0.2, 0) is 6.18 Å². The molecule has 4 nitrogen and oxygen atoms in total. The molecule has 0 radical (unpaired) electrons. The van der Waals surface area contributed by atoms with Crippen LogP contribution in [0.5, 0.6) is 0 Å². The van der Waals surface area contributed by atoms with Crippen LogP contribution in [0.3, 0.4) is 0 Å². The van der Waals surface area contributed by atoms with Crippen LogP contribution in [0.2, 0.25) is 0 Å². The summed E-state index contributed by atoms with van der Waals surface area (Å²) in [5.41, 5.74) is 0. The molecule has 1 N–H and O–H groups in total. The first-order valence-corrected chi connectivity index (χ1v) is 7.29. The van der Waals surface area contributed by atoms with Gasteiger partial charge in [-0.2, -0.15) is 13.2 Å². The Kier molecular flexibility index (Phi) is 3.71. The van der Waals surface area contributed by atoms with Crippen LogP contribution in [0.15, 0.2) is 30.6 Å². The number of alkyl halides is 3. The van der Waals surface area contributed by atoms with Gasteiger partial charge in [-0.1, -0.05) is 17.4 Å². The molecule has 1 aliphatic heterocycles. The Morgan fingerprint density at radius 1 is 1.29 bits per heavy atom. The highest BCUT2D eigenvalue weighted by Gasteiger charge is 2.33. The van der Waals surface area contributed by atoms with Gasteiger partial charge in [0.2, 0.25) is 0 Å². The predicted octanol–water partition coefficient (Wildman–Crippen LogP) is 3.25. The smallest absolute Gasteiger partial charge is 0.357 e. The minimum absolute atomic E-state index is 0.0826. The first-order chi connectivity index (χ1) is 10.0. The molecule has 112 valence electrons. The molecule has 0 spiro atoms. The molecule has 1 aliphatic rings. The van der Waals surface area contributed by atoms with E-state index in [9.17, 15) is 13.2 Å². The lowest BCUT2D eigenvalue weighted by Gasteiger charge is -2.17. The van der Waals surface area contributed by atoms with Crippen LogP contribution in [0.4, 0.5) is 24.1 Å². The van der Waals surface area contributed by atoms with Crippen LogP contribution in [-0.4, -0.2) is 29.1 Å². The van der Waals surface area contributed by atoms with Crippen LogP contribution in [0.1, 0.15) is 11.3 Å². The van der Waals surface area contributed by atoms with E-state index in [2.05, 4.69) is 20.2 Å². The van der Waals surface area contributed by atoms with E-state index in [4.69, 9.17) is 0 Å². The number of nitrogens with zero attached hydrogens (tertiary/aromatic N) is 3. The van der Waals surface area contributed by atoms with E-state index < -0.39 is 11.1 Å². The molecule has 3 rings (SSSR count). The summed E-state index contributed by atoms with van der Waals surface area (Å²) in [6.07, 6.45) is -0.879. The third-order valence-electron chi connectivity index (χ3n) is 3.27. The van der Waals surface area contributed by atoms with E-state index in [0.717, 1.165) is 25.0 Å². The van der Waals surface area contributed by atoms with Crippen molar-refractivity contribution in [1.29, 1.82) is 0 Å². The highest BCUT2D eigenvalue weighted by atomic mass is 32.1. The fourth-order valence-corrected chi connectivity index (χ4v) is 3.03. The maximum atomic E-state index is 12.5. The Balaban J connectivity index is 1.61. The zero-order chi connectivity index (χ0) is 14.9. The molecule has 2 aromatic rings. The zero-order valence-electron chi connectivity index (χ0n) is 11.0. The van der Waals surface area contributed by atoms with Gasteiger partial charge in [-0.15, -0.1) is 0 Å². The fraction of sp³-hybridized carbons (Fsp3) is 0.385. The summed E-state index contributed by atoms with van der Waals surface area (Å²) in [5, 5.41) is 3.39. The molecule has 0 saturated carbocycles. The number of hydrogen-bond donors (Lipinski definition) is 1. The molecular weight excluding hydrogens is 301 g/mol. The summed E-state index contributed by atoms with van der Waals surface area (Å²) >= 11 is 0.642. The Morgan fingerprint density at radius 2 is 2.14 bits per heavy atom. The lowest BCUT2D eigenvalue weighted by molar-refractivity contribution is -0.134. The average molecular weight is 314 g/mol. The van der Waals surface area contributed by atoms with Crippen molar-refractivity contribution < 1.29 is 13.2 Å². The van der Waals surface area contributed by atoms with Crippen LogP contribution < -0.4 is 10.2 Å². The number of pyridine rings is 1. The Hall–Kier alpha value is -1.83. The monoisotopic (exact) mass is 314 g/mol. The zero-order valence-corrected chi connectivity index (χ0v) is 11.8. The van der Waals surface area contributed by atoms with Gasteiger partial charge in [0, 0.05) is 25.3 Å². The molecule has 2 aromatic heterocycles. The van der Waals surface area contributed by atoms with Crippen molar-refractivity contribution in [3.8, 4) is 0 Å².